The Balaban J connectivity index is 2.41. The average Bonchev–Trinajstić information content (AvgIpc) is 3.10. The van der Waals surface area contributed by atoms with Gasteiger partial charge in [-0.1, -0.05) is 0 Å². The normalized spacial score (nSPS) is 14.6. The molecule has 1 aromatic rings. The number of hydrogen-bond acceptors (Lipinski definition) is 4. The van der Waals surface area contributed by atoms with E-state index in [9.17, 15) is 9.18 Å². The minimum Gasteiger partial charge on any atom is -0.478 e. The molecule has 98 valence electrons. The van der Waals surface area contributed by atoms with Crippen LogP contribution in [-0.2, 0) is 0 Å². The number of halogens is 1. The van der Waals surface area contributed by atoms with Crippen LogP contribution < -0.4 is 10.6 Å². The van der Waals surface area contributed by atoms with Crippen molar-refractivity contribution in [2.45, 2.75) is 18.9 Å². The van der Waals surface area contributed by atoms with Crippen molar-refractivity contribution in [1.82, 2.24) is 0 Å². The Morgan fingerprint density at radius 2 is 2.17 bits per heavy atom. The summed E-state index contributed by atoms with van der Waals surface area (Å²) >= 11 is 0. The van der Waals surface area contributed by atoms with E-state index in [1.807, 2.05) is 0 Å². The molecular formula is C12H15FN2O3. The molecule has 1 aliphatic rings. The van der Waals surface area contributed by atoms with Gasteiger partial charge in [0.15, 0.2) is 0 Å². The predicted octanol–water partition coefficient (Wildman–Crippen LogP) is 1.07. The van der Waals surface area contributed by atoms with Gasteiger partial charge in [0.25, 0.3) is 0 Å². The Hall–Kier alpha value is -1.82. The van der Waals surface area contributed by atoms with Gasteiger partial charge in [-0.3, -0.25) is 0 Å². The lowest BCUT2D eigenvalue weighted by molar-refractivity contribution is 0.0698. The molecule has 1 fully saturated rings. The van der Waals surface area contributed by atoms with Gasteiger partial charge in [-0.05, 0) is 25.0 Å². The van der Waals surface area contributed by atoms with Crippen LogP contribution in [-0.4, -0.2) is 35.4 Å². The summed E-state index contributed by atoms with van der Waals surface area (Å²) in [5.41, 5.74) is 5.45. The molecular weight excluding hydrogens is 239 g/mol. The molecule has 0 heterocycles. The summed E-state index contributed by atoms with van der Waals surface area (Å²) in [7, 11) is 0. The van der Waals surface area contributed by atoms with Crippen LogP contribution in [0.3, 0.4) is 0 Å². The molecule has 0 aromatic heterocycles. The standard InChI is InChI=1S/C12H15FN2O3/c13-9-6-10(14)8(12(17)18)5-11(9)15(3-4-16)7-1-2-7/h5-7,16H,1-4,14H2,(H,17,18). The van der Waals surface area contributed by atoms with E-state index < -0.39 is 11.8 Å². The number of nitrogens with two attached hydrogens (primary N) is 1. The van der Waals surface area contributed by atoms with Crippen LogP contribution in [0.25, 0.3) is 0 Å². The lowest BCUT2D eigenvalue weighted by atomic mass is 10.1. The van der Waals surface area contributed by atoms with Gasteiger partial charge in [-0.25, -0.2) is 9.18 Å². The molecule has 5 nitrogen and oxygen atoms in total. The van der Waals surface area contributed by atoms with Crippen LogP contribution in [0.15, 0.2) is 12.1 Å². The molecule has 0 bridgehead atoms. The summed E-state index contributed by atoms with van der Waals surface area (Å²) in [4.78, 5) is 12.7. The number of benzene rings is 1. The van der Waals surface area contributed by atoms with Crippen molar-refractivity contribution in [2.24, 2.45) is 0 Å². The van der Waals surface area contributed by atoms with E-state index in [-0.39, 0.29) is 36.1 Å². The van der Waals surface area contributed by atoms with Crippen molar-refractivity contribution in [1.29, 1.82) is 0 Å². The first kappa shape index (κ1) is 12.6. The van der Waals surface area contributed by atoms with Crippen molar-refractivity contribution in [3.8, 4) is 0 Å². The lowest BCUT2D eigenvalue weighted by Crippen LogP contribution is -2.30. The van der Waals surface area contributed by atoms with Crippen molar-refractivity contribution >= 4 is 17.3 Å². The van der Waals surface area contributed by atoms with Crippen LogP contribution in [0.1, 0.15) is 23.2 Å². The smallest absolute Gasteiger partial charge is 0.337 e. The Morgan fingerprint density at radius 3 is 2.67 bits per heavy atom. The maximum absolute atomic E-state index is 13.9. The first-order valence-corrected chi connectivity index (χ1v) is 5.74. The second-order valence-corrected chi connectivity index (χ2v) is 4.34. The van der Waals surface area contributed by atoms with Crippen molar-refractivity contribution < 1.29 is 19.4 Å². The molecule has 0 atom stereocenters. The largest absolute Gasteiger partial charge is 0.478 e. The first-order valence-electron chi connectivity index (χ1n) is 5.74. The Morgan fingerprint density at radius 1 is 1.50 bits per heavy atom. The van der Waals surface area contributed by atoms with Gasteiger partial charge in [0.1, 0.15) is 5.82 Å². The van der Waals surface area contributed by atoms with Crippen LogP contribution >= 0.6 is 0 Å². The number of anilines is 2. The molecule has 0 radical (unpaired) electrons. The van der Waals surface area contributed by atoms with E-state index in [0.29, 0.717) is 0 Å². The van der Waals surface area contributed by atoms with Crippen LogP contribution in [0.4, 0.5) is 15.8 Å². The van der Waals surface area contributed by atoms with Gasteiger partial charge < -0.3 is 20.8 Å². The van der Waals surface area contributed by atoms with Gasteiger partial charge in [0.2, 0.25) is 0 Å². The highest BCUT2D eigenvalue weighted by atomic mass is 19.1. The van der Waals surface area contributed by atoms with Gasteiger partial charge in [-0.15, -0.1) is 0 Å². The number of rotatable bonds is 5. The molecule has 0 unspecified atom stereocenters. The van der Waals surface area contributed by atoms with E-state index >= 15 is 0 Å². The van der Waals surface area contributed by atoms with Crippen LogP contribution in [0, 0.1) is 5.82 Å². The number of carboxylic acid groups (broad SMARTS) is 1. The molecule has 1 saturated carbocycles. The Kier molecular flexibility index (Phi) is 3.38. The number of hydrogen-bond donors (Lipinski definition) is 3. The molecule has 0 amide bonds. The quantitative estimate of drug-likeness (QED) is 0.684. The predicted molar refractivity (Wildman–Crippen MR) is 65.2 cm³/mol. The molecule has 0 spiro atoms. The van der Waals surface area contributed by atoms with Gasteiger partial charge >= 0.3 is 5.97 Å². The van der Waals surface area contributed by atoms with Crippen molar-refractivity contribution in [3.63, 3.8) is 0 Å². The van der Waals surface area contributed by atoms with Crippen LogP contribution in [0.5, 0.6) is 0 Å². The number of carboxylic acids is 1. The highest BCUT2D eigenvalue weighted by molar-refractivity contribution is 5.95. The van der Waals surface area contributed by atoms with Gasteiger partial charge in [-0.2, -0.15) is 0 Å². The van der Waals surface area contributed by atoms with Crippen LogP contribution in [0.2, 0.25) is 0 Å². The van der Waals surface area contributed by atoms with Gasteiger partial charge in [0.05, 0.1) is 17.9 Å². The second-order valence-electron chi connectivity index (χ2n) is 4.34. The minimum atomic E-state index is -1.19. The third kappa shape index (κ3) is 2.38. The summed E-state index contributed by atoms with van der Waals surface area (Å²) in [6.07, 6.45) is 1.85. The number of aliphatic hydroxyl groups is 1. The fourth-order valence-corrected chi connectivity index (χ4v) is 1.98. The Labute approximate surface area is 104 Å². The SMILES string of the molecule is Nc1cc(F)c(N(CCO)C2CC2)cc1C(=O)O. The summed E-state index contributed by atoms with van der Waals surface area (Å²) in [6.45, 7) is 0.174. The second kappa shape index (κ2) is 4.81. The fraction of sp³-hybridized carbons (Fsp3) is 0.417. The highest BCUT2D eigenvalue weighted by Crippen LogP contribution is 2.34. The zero-order chi connectivity index (χ0) is 13.3. The maximum Gasteiger partial charge on any atom is 0.337 e. The maximum atomic E-state index is 13.9. The summed E-state index contributed by atoms with van der Waals surface area (Å²) in [5.74, 6) is -1.74. The number of nitrogen functional groups attached to an aromatic ring is 1. The van der Waals surface area contributed by atoms with E-state index in [1.165, 1.54) is 6.07 Å². The third-order valence-corrected chi connectivity index (χ3v) is 2.99. The molecule has 0 aliphatic heterocycles. The highest BCUT2D eigenvalue weighted by Gasteiger charge is 2.31. The Bertz CT molecular complexity index is 475. The molecule has 1 aromatic carbocycles. The number of aromatic carboxylic acids is 1. The molecule has 6 heteroatoms. The minimum absolute atomic E-state index is 0.0940. The average molecular weight is 254 g/mol. The van der Waals surface area contributed by atoms with E-state index in [0.717, 1.165) is 18.9 Å². The summed E-state index contributed by atoms with van der Waals surface area (Å²) in [5, 5.41) is 18.0. The monoisotopic (exact) mass is 254 g/mol. The zero-order valence-corrected chi connectivity index (χ0v) is 9.77. The fourth-order valence-electron chi connectivity index (χ4n) is 1.98. The number of aliphatic hydroxyl groups excluding tert-OH is 1. The molecule has 18 heavy (non-hydrogen) atoms. The van der Waals surface area contributed by atoms with E-state index in [2.05, 4.69) is 0 Å². The topological polar surface area (TPSA) is 86.8 Å². The molecule has 2 rings (SSSR count). The number of nitrogens with zero attached hydrogens (tertiary/aromatic N) is 1. The first-order chi connectivity index (χ1) is 8.54. The summed E-state index contributed by atoms with van der Waals surface area (Å²) in [6, 6.07) is 2.43. The third-order valence-electron chi connectivity index (χ3n) is 2.99. The van der Waals surface area contributed by atoms with E-state index in [1.54, 1.807) is 4.90 Å². The zero-order valence-electron chi connectivity index (χ0n) is 9.77. The molecule has 4 N–H and O–H groups in total. The molecule has 1 aliphatic carbocycles. The molecule has 0 saturated heterocycles. The van der Waals surface area contributed by atoms with E-state index in [4.69, 9.17) is 15.9 Å². The summed E-state index contributed by atoms with van der Waals surface area (Å²) < 4.78 is 13.9. The van der Waals surface area contributed by atoms with Crippen molar-refractivity contribution in [3.05, 3.63) is 23.5 Å². The lowest BCUT2D eigenvalue weighted by Gasteiger charge is -2.24. The van der Waals surface area contributed by atoms with Gasteiger partial charge in [0, 0.05) is 18.3 Å². The van der Waals surface area contributed by atoms with Crippen molar-refractivity contribution in [2.75, 3.05) is 23.8 Å². The number of carbonyl (C=O) groups is 1.